The van der Waals surface area contributed by atoms with E-state index in [1.807, 2.05) is 67.9 Å². The molecule has 1 heterocycles. The molecule has 0 unspecified atom stereocenters. The van der Waals surface area contributed by atoms with Crippen LogP contribution in [0.4, 0.5) is 0 Å². The summed E-state index contributed by atoms with van der Waals surface area (Å²) in [5, 5.41) is 0. The number of hydrogen-bond acceptors (Lipinski definition) is 5. The van der Waals surface area contributed by atoms with Crippen molar-refractivity contribution in [2.24, 2.45) is 14.5 Å². The summed E-state index contributed by atoms with van der Waals surface area (Å²) in [6.45, 7) is 0. The summed E-state index contributed by atoms with van der Waals surface area (Å²) in [6.07, 6.45) is 0. The molecule has 0 saturated carbocycles. The Hall–Kier alpha value is -0.420. The Labute approximate surface area is 145 Å². The van der Waals surface area contributed by atoms with Crippen molar-refractivity contribution >= 4 is 54.0 Å². The smallest absolute Gasteiger partial charge is 0.246 e. The number of nitrogens with zero attached hydrogens (tertiary/aromatic N) is 5. The molecule has 0 amide bonds. The van der Waals surface area contributed by atoms with Crippen molar-refractivity contribution < 1.29 is 0 Å². The summed E-state index contributed by atoms with van der Waals surface area (Å²) in [6, 6.07) is 9.60. The first-order valence-electron chi connectivity index (χ1n) is 6.46. The minimum Gasteiger partial charge on any atom is -0.246 e. The van der Waals surface area contributed by atoms with Crippen molar-refractivity contribution in [3.05, 3.63) is 35.9 Å². The van der Waals surface area contributed by atoms with Gasteiger partial charge in [0.15, 0.2) is 11.7 Å². The second kappa shape index (κ2) is 6.60. The van der Waals surface area contributed by atoms with Crippen LogP contribution in [0.25, 0.3) is 0 Å². The van der Waals surface area contributed by atoms with Crippen LogP contribution < -0.4 is 0 Å². The summed E-state index contributed by atoms with van der Waals surface area (Å²) < 4.78 is 11.6. The molecule has 1 aromatic carbocycles. The molecule has 1 aliphatic rings. The highest BCUT2D eigenvalue weighted by molar-refractivity contribution is 7.61. The van der Waals surface area contributed by atoms with E-state index < -0.39 is 11.3 Å². The molecule has 0 atom stereocenters. The van der Waals surface area contributed by atoms with E-state index in [1.165, 1.54) is 0 Å². The Bertz CT molecular complexity index is 650. The fourth-order valence-electron chi connectivity index (χ4n) is 1.97. The van der Waals surface area contributed by atoms with Crippen LogP contribution in [0.15, 0.2) is 44.8 Å². The second-order valence-electron chi connectivity index (χ2n) is 5.05. The van der Waals surface area contributed by atoms with Crippen LogP contribution in [0.1, 0.15) is 5.56 Å². The van der Waals surface area contributed by atoms with Gasteiger partial charge in [0.05, 0.1) is 0 Å². The Morgan fingerprint density at radius 2 is 1.50 bits per heavy atom. The first-order valence-corrected chi connectivity index (χ1v) is 9.19. The van der Waals surface area contributed by atoms with E-state index >= 15 is 0 Å². The van der Waals surface area contributed by atoms with Gasteiger partial charge in [-0.2, -0.15) is 9.51 Å². The molecule has 2 rings (SSSR count). The molecule has 9 heteroatoms. The first kappa shape index (κ1) is 17.9. The maximum Gasteiger partial charge on any atom is 0.250 e. The topological polar surface area (TPSA) is 43.6 Å². The number of amidine groups is 2. The first-order chi connectivity index (χ1) is 10.2. The third-order valence-electron chi connectivity index (χ3n) is 3.03. The highest BCUT2D eigenvalue weighted by Crippen LogP contribution is 2.57. The van der Waals surface area contributed by atoms with Gasteiger partial charge in [0.1, 0.15) is 0 Å². The largest absolute Gasteiger partial charge is 0.250 e. The zero-order valence-corrected chi connectivity index (χ0v) is 15.9. The van der Waals surface area contributed by atoms with Gasteiger partial charge in [-0.05, 0) is 28.2 Å². The third kappa shape index (κ3) is 3.56. The van der Waals surface area contributed by atoms with Gasteiger partial charge in [-0.1, -0.05) is 65.1 Å². The lowest BCUT2D eigenvalue weighted by Gasteiger charge is -2.35. The van der Waals surface area contributed by atoms with Crippen LogP contribution in [0.5, 0.6) is 0 Å². The van der Waals surface area contributed by atoms with E-state index in [0.717, 1.165) is 5.56 Å². The van der Waals surface area contributed by atoms with Gasteiger partial charge in [-0.3, -0.25) is 0 Å². The van der Waals surface area contributed by atoms with E-state index in [0.29, 0.717) is 5.84 Å². The fourth-order valence-corrected chi connectivity index (χ4v) is 4.74. The Morgan fingerprint density at radius 3 is 1.95 bits per heavy atom. The van der Waals surface area contributed by atoms with E-state index in [9.17, 15) is 0 Å². The lowest BCUT2D eigenvalue weighted by atomic mass is 10.2. The third-order valence-corrected chi connectivity index (χ3v) is 6.60. The molecule has 0 fully saturated rings. The zero-order valence-electron chi connectivity index (χ0n) is 12.7. The van der Waals surface area contributed by atoms with Crippen LogP contribution in [0.3, 0.4) is 0 Å². The summed E-state index contributed by atoms with van der Waals surface area (Å²) in [5.74, 6) is 0.676. The predicted octanol–water partition coefficient (Wildman–Crippen LogP) is 4.28. The van der Waals surface area contributed by atoms with Crippen molar-refractivity contribution in [3.8, 4) is 0 Å². The van der Waals surface area contributed by atoms with Gasteiger partial charge >= 0.3 is 0 Å². The molecular formula is C13H17Cl3N5P. The monoisotopic (exact) mass is 379 g/mol. The fraction of sp³-hybridized carbons (Fsp3) is 0.385. The highest BCUT2D eigenvalue weighted by atomic mass is 35.6. The van der Waals surface area contributed by atoms with Crippen LogP contribution in [0.2, 0.25) is 0 Å². The Kier molecular flexibility index (Phi) is 5.38. The molecule has 0 spiro atoms. The molecule has 1 aliphatic heterocycles. The summed E-state index contributed by atoms with van der Waals surface area (Å²) >= 11 is 18.1. The van der Waals surface area contributed by atoms with Gasteiger partial charge in [0.2, 0.25) is 11.3 Å². The highest BCUT2D eigenvalue weighted by Gasteiger charge is 2.37. The molecule has 0 aromatic heterocycles. The predicted molar refractivity (Wildman–Crippen MR) is 97.4 cm³/mol. The van der Waals surface area contributed by atoms with Crippen LogP contribution in [-0.4, -0.2) is 53.0 Å². The quantitative estimate of drug-likeness (QED) is 0.580. The molecular weight excluding hydrogens is 364 g/mol. The molecule has 22 heavy (non-hydrogen) atoms. The Morgan fingerprint density at radius 1 is 0.955 bits per heavy atom. The molecule has 120 valence electrons. The van der Waals surface area contributed by atoms with Crippen molar-refractivity contribution in [1.82, 2.24) is 9.34 Å². The van der Waals surface area contributed by atoms with Gasteiger partial charge in [0.25, 0.3) is 0 Å². The molecule has 1 aromatic rings. The SMILES string of the molecule is CN(C)P1(N(C)C)=NC(C(Cl)(Cl)Cl)=NC(c2ccccc2)=N1. The Balaban J connectivity index is 2.72. The number of hydrogen-bond donors (Lipinski definition) is 0. The molecule has 0 radical (unpaired) electrons. The van der Waals surface area contributed by atoms with Crippen molar-refractivity contribution in [2.45, 2.75) is 3.79 Å². The number of alkyl halides is 3. The summed E-state index contributed by atoms with van der Waals surface area (Å²) in [5.41, 5.74) is 0.859. The average molecular weight is 381 g/mol. The van der Waals surface area contributed by atoms with E-state index in [-0.39, 0.29) is 5.84 Å². The number of aliphatic imine (C=N–C) groups is 1. The zero-order chi connectivity index (χ0) is 16.5. The van der Waals surface area contributed by atoms with Crippen LogP contribution >= 0.6 is 42.3 Å². The van der Waals surface area contributed by atoms with Crippen LogP contribution in [0, 0.1) is 0 Å². The van der Waals surface area contributed by atoms with Gasteiger partial charge in [0, 0.05) is 5.56 Å². The number of benzene rings is 1. The number of halogens is 3. The normalized spacial score (nSPS) is 18.0. The lowest BCUT2D eigenvalue weighted by Crippen LogP contribution is -2.28. The summed E-state index contributed by atoms with van der Waals surface area (Å²) in [4.78, 5) is 4.36. The lowest BCUT2D eigenvalue weighted by molar-refractivity contribution is 0.561. The van der Waals surface area contributed by atoms with Crippen molar-refractivity contribution in [2.75, 3.05) is 28.2 Å². The standard InChI is InChI=1S/C13H17Cl3N5P/c1-20(2)22(21(3)4)18-11(10-8-6-5-7-9-10)17-12(19-22)13(14,15)16/h5-9H,1-4H3. The minimum atomic E-state index is -2.41. The molecule has 0 bridgehead atoms. The number of rotatable bonds is 3. The van der Waals surface area contributed by atoms with Crippen molar-refractivity contribution in [1.29, 1.82) is 0 Å². The molecule has 0 saturated heterocycles. The van der Waals surface area contributed by atoms with Crippen molar-refractivity contribution in [3.63, 3.8) is 0 Å². The van der Waals surface area contributed by atoms with Gasteiger partial charge in [-0.25, -0.2) is 14.3 Å². The van der Waals surface area contributed by atoms with E-state index in [2.05, 4.69) is 9.74 Å². The second-order valence-corrected chi connectivity index (χ2v) is 10.4. The maximum atomic E-state index is 6.03. The molecule has 0 N–H and O–H groups in total. The van der Waals surface area contributed by atoms with Crippen LogP contribution in [-0.2, 0) is 0 Å². The summed E-state index contributed by atoms with van der Waals surface area (Å²) in [7, 11) is 5.22. The molecule has 5 nitrogen and oxygen atoms in total. The van der Waals surface area contributed by atoms with E-state index in [1.54, 1.807) is 0 Å². The molecule has 0 aliphatic carbocycles. The maximum absolute atomic E-state index is 6.03. The average Bonchev–Trinajstić information content (AvgIpc) is 2.46. The van der Waals surface area contributed by atoms with Gasteiger partial charge < -0.3 is 0 Å². The minimum absolute atomic E-state index is 0.155. The van der Waals surface area contributed by atoms with Gasteiger partial charge in [-0.15, -0.1) is 0 Å². The van der Waals surface area contributed by atoms with E-state index in [4.69, 9.17) is 39.6 Å².